The average Bonchev–Trinajstić information content (AvgIpc) is 2.09. The van der Waals surface area contributed by atoms with E-state index in [0.717, 1.165) is 0 Å². The molecule has 0 saturated carbocycles. The summed E-state index contributed by atoms with van der Waals surface area (Å²) in [6.45, 7) is 1.56. The zero-order valence-electron chi connectivity index (χ0n) is 7.14. The van der Waals surface area contributed by atoms with Crippen molar-refractivity contribution in [3.8, 4) is 0 Å². The topological polar surface area (TPSA) is 84.3 Å². The number of azide groups is 1. The van der Waals surface area contributed by atoms with Gasteiger partial charge in [0.25, 0.3) is 0 Å². The third-order valence-corrected chi connectivity index (χ3v) is 1.41. The van der Waals surface area contributed by atoms with E-state index >= 15 is 0 Å². The lowest BCUT2D eigenvalue weighted by Gasteiger charge is -2.09. The van der Waals surface area contributed by atoms with Gasteiger partial charge in [0.1, 0.15) is 12.1 Å². The molecule has 0 spiro atoms. The first-order valence-corrected chi connectivity index (χ1v) is 4.64. The number of hydrogen-bond donors (Lipinski definition) is 0. The molecule has 0 bridgehead atoms. The van der Waals surface area contributed by atoms with Crippen LogP contribution in [0.5, 0.6) is 0 Å². The van der Waals surface area contributed by atoms with Gasteiger partial charge in [0.05, 0.1) is 12.6 Å². The summed E-state index contributed by atoms with van der Waals surface area (Å²) in [5.74, 6) is -0.406. The van der Waals surface area contributed by atoms with Gasteiger partial charge in [-0.15, -0.1) is 0 Å². The second-order valence-electron chi connectivity index (χ2n) is 2.14. The van der Waals surface area contributed by atoms with Crippen molar-refractivity contribution < 1.29 is 14.3 Å². The first-order valence-electron chi connectivity index (χ1n) is 3.52. The molecule has 1 unspecified atom stereocenters. The van der Waals surface area contributed by atoms with Crippen LogP contribution < -0.4 is 0 Å². The lowest BCUT2D eigenvalue weighted by Crippen LogP contribution is -2.20. The lowest BCUT2D eigenvalue weighted by atomic mass is 10.4. The van der Waals surface area contributed by atoms with Crippen LogP contribution in [0.2, 0.25) is 0 Å². The minimum atomic E-state index is -0.466. The number of alkyl halides is 1. The van der Waals surface area contributed by atoms with E-state index in [-0.39, 0.29) is 13.2 Å². The largest absolute Gasteiger partial charge is 0.465 e. The van der Waals surface area contributed by atoms with E-state index in [1.54, 1.807) is 0 Å². The van der Waals surface area contributed by atoms with Gasteiger partial charge in [-0.1, -0.05) is 21.0 Å². The zero-order valence-corrected chi connectivity index (χ0v) is 8.73. The quantitative estimate of drug-likeness (QED) is 0.236. The zero-order chi connectivity index (χ0) is 10.1. The van der Waals surface area contributed by atoms with Crippen LogP contribution in [0.4, 0.5) is 0 Å². The summed E-state index contributed by atoms with van der Waals surface area (Å²) < 4.78 is 9.60. The third-order valence-electron chi connectivity index (χ3n) is 1.08. The summed E-state index contributed by atoms with van der Waals surface area (Å²) in [7, 11) is 0. The van der Waals surface area contributed by atoms with E-state index in [2.05, 4.69) is 30.7 Å². The molecule has 0 aliphatic rings. The van der Waals surface area contributed by atoms with E-state index in [0.29, 0.717) is 5.52 Å². The number of rotatable bonds is 6. The second-order valence-corrected chi connectivity index (χ2v) is 2.60. The number of carbonyl (C=O) groups is 1. The maximum absolute atomic E-state index is 10.4. The first kappa shape index (κ1) is 12.2. The highest BCUT2D eigenvalue weighted by Crippen LogP contribution is 1.96. The Bertz CT molecular complexity index is 205. The van der Waals surface area contributed by atoms with Crippen molar-refractivity contribution in [3.05, 3.63) is 10.4 Å². The van der Waals surface area contributed by atoms with Crippen LogP contribution in [-0.2, 0) is 14.3 Å². The Labute approximate surface area is 84.0 Å². The maximum atomic E-state index is 10.4. The number of ether oxygens (including phenoxy) is 2. The molecule has 1 atom stereocenters. The van der Waals surface area contributed by atoms with Gasteiger partial charge in [-0.2, -0.15) is 0 Å². The normalized spacial score (nSPS) is 11.5. The minimum Gasteiger partial charge on any atom is -0.465 e. The summed E-state index contributed by atoms with van der Waals surface area (Å²) in [5.41, 5.74) is 8.50. The van der Waals surface area contributed by atoms with Crippen LogP contribution in [0.3, 0.4) is 0 Å². The number of esters is 1. The van der Waals surface area contributed by atoms with Gasteiger partial charge in [0.2, 0.25) is 0 Å². The van der Waals surface area contributed by atoms with E-state index in [9.17, 15) is 4.79 Å². The summed E-state index contributed by atoms with van der Waals surface area (Å²) in [6, 6.07) is -0.466. The monoisotopic (exact) mass is 251 g/mol. The molecule has 0 aromatic heterocycles. The van der Waals surface area contributed by atoms with E-state index < -0.39 is 12.0 Å². The molecule has 0 heterocycles. The van der Waals surface area contributed by atoms with Gasteiger partial charge in [0.15, 0.2) is 0 Å². The summed E-state index contributed by atoms with van der Waals surface area (Å²) in [5, 5.41) is 3.39. The van der Waals surface area contributed by atoms with Gasteiger partial charge in [-0.3, -0.25) is 4.79 Å². The van der Waals surface area contributed by atoms with Crippen molar-refractivity contribution in [2.24, 2.45) is 5.11 Å². The molecule has 13 heavy (non-hydrogen) atoms. The molecule has 0 aromatic rings. The van der Waals surface area contributed by atoms with Crippen LogP contribution in [0.25, 0.3) is 10.4 Å². The highest BCUT2D eigenvalue weighted by molar-refractivity contribution is 9.09. The summed E-state index contributed by atoms with van der Waals surface area (Å²) >= 11 is 3.04. The van der Waals surface area contributed by atoms with Crippen LogP contribution >= 0.6 is 15.9 Å². The maximum Gasteiger partial charge on any atom is 0.302 e. The number of nitrogens with zero attached hydrogens (tertiary/aromatic N) is 3. The predicted octanol–water partition coefficient (Wildman–Crippen LogP) is 1.60. The molecule has 0 N–H and O–H groups in total. The van der Waals surface area contributed by atoms with Crippen molar-refractivity contribution in [1.29, 1.82) is 0 Å². The predicted molar refractivity (Wildman–Crippen MR) is 49.3 cm³/mol. The minimum absolute atomic E-state index is 0.0480. The Kier molecular flexibility index (Phi) is 7.38. The summed E-state index contributed by atoms with van der Waals surface area (Å²) in [6.07, 6.45) is 0. The molecule has 74 valence electrons. The fourth-order valence-electron chi connectivity index (χ4n) is 0.582. The van der Waals surface area contributed by atoms with Crippen LogP contribution in [-0.4, -0.2) is 30.7 Å². The molecule has 7 heteroatoms. The molecular formula is C6H10BrN3O3. The molecule has 0 radical (unpaired) electrons. The molecule has 0 aromatic carbocycles. The molecule has 0 fully saturated rings. The molecular weight excluding hydrogens is 242 g/mol. The number of carbonyl (C=O) groups excluding carboxylic acids is 1. The number of halogens is 1. The van der Waals surface area contributed by atoms with Gasteiger partial charge in [0, 0.05) is 11.8 Å². The number of hydrogen-bond acceptors (Lipinski definition) is 4. The Morgan fingerprint density at radius 2 is 2.38 bits per heavy atom. The van der Waals surface area contributed by atoms with E-state index in [1.165, 1.54) is 6.92 Å². The summed E-state index contributed by atoms with van der Waals surface area (Å²) in [4.78, 5) is 13.0. The Hall–Kier alpha value is -0.780. The van der Waals surface area contributed by atoms with Crippen molar-refractivity contribution in [2.45, 2.75) is 13.0 Å². The smallest absolute Gasteiger partial charge is 0.302 e. The molecule has 6 nitrogen and oxygen atoms in total. The highest BCUT2D eigenvalue weighted by Gasteiger charge is 2.07. The van der Waals surface area contributed by atoms with Gasteiger partial charge in [-0.05, 0) is 5.53 Å². The first-order chi connectivity index (χ1) is 6.20. The fourth-order valence-corrected chi connectivity index (χ4v) is 0.769. The molecule has 0 aliphatic carbocycles. The van der Waals surface area contributed by atoms with E-state index in [1.807, 2.05) is 0 Å². The van der Waals surface area contributed by atoms with Gasteiger partial charge in [-0.25, -0.2) is 0 Å². The van der Waals surface area contributed by atoms with Crippen molar-refractivity contribution >= 4 is 21.9 Å². The second kappa shape index (κ2) is 7.85. The van der Waals surface area contributed by atoms with Gasteiger partial charge >= 0.3 is 5.97 Å². The Balaban J connectivity index is 3.79. The third kappa shape index (κ3) is 7.58. The van der Waals surface area contributed by atoms with Crippen molar-refractivity contribution in [3.63, 3.8) is 0 Å². The van der Waals surface area contributed by atoms with Crippen molar-refractivity contribution in [1.82, 2.24) is 0 Å². The standard InChI is InChI=1S/C6H10BrN3O3/c1-5(11)13-3-6(9-10-8)2-12-4-7/h6H,2-4H2,1H3. The van der Waals surface area contributed by atoms with Crippen LogP contribution in [0.15, 0.2) is 5.11 Å². The fraction of sp³-hybridized carbons (Fsp3) is 0.833. The Morgan fingerprint density at radius 3 is 2.85 bits per heavy atom. The van der Waals surface area contributed by atoms with Crippen LogP contribution in [0.1, 0.15) is 6.92 Å². The molecule has 0 aliphatic heterocycles. The molecule has 0 rings (SSSR count). The SMILES string of the molecule is CC(=O)OCC(COCBr)N=[N+]=[N-]. The van der Waals surface area contributed by atoms with Crippen molar-refractivity contribution in [2.75, 3.05) is 18.7 Å². The molecule has 0 amide bonds. The van der Waals surface area contributed by atoms with Gasteiger partial charge < -0.3 is 9.47 Å². The Morgan fingerprint density at radius 1 is 1.69 bits per heavy atom. The lowest BCUT2D eigenvalue weighted by molar-refractivity contribution is -0.141. The van der Waals surface area contributed by atoms with E-state index in [4.69, 9.17) is 10.3 Å². The van der Waals surface area contributed by atoms with Crippen LogP contribution in [0, 0.1) is 0 Å². The highest BCUT2D eigenvalue weighted by atomic mass is 79.9. The average molecular weight is 252 g/mol. The molecule has 0 saturated heterocycles.